The molecule has 0 bridgehead atoms. The van der Waals surface area contributed by atoms with E-state index in [0.717, 1.165) is 27.3 Å². The highest BCUT2D eigenvalue weighted by Gasteiger charge is 2.11. The van der Waals surface area contributed by atoms with Crippen LogP contribution in [-0.4, -0.2) is 35.7 Å². The number of ether oxygens (including phenoxy) is 2. The van der Waals surface area contributed by atoms with E-state index in [4.69, 9.17) is 15.2 Å². The SMILES string of the molecule is COc1ccc(CCNc2ncnc(Nc3nc4ccccc4s3)c2N)cc1OC. The van der Waals surface area contributed by atoms with Gasteiger partial charge in [0.1, 0.15) is 12.0 Å². The molecule has 9 heteroatoms. The Bertz CT molecular complexity index is 1130. The average molecular weight is 423 g/mol. The monoisotopic (exact) mass is 422 g/mol. The first-order valence-corrected chi connectivity index (χ1v) is 10.2. The van der Waals surface area contributed by atoms with Crippen molar-refractivity contribution in [2.24, 2.45) is 0 Å². The summed E-state index contributed by atoms with van der Waals surface area (Å²) in [6, 6.07) is 13.8. The number of nitrogens with zero attached hydrogens (tertiary/aromatic N) is 3. The standard InChI is InChI=1S/C21H22N6O2S/c1-28-15-8-7-13(11-16(15)29-2)9-10-23-19-18(22)20(25-12-24-19)27-21-26-14-5-3-4-6-17(14)30-21/h3-8,11-12H,9-10,22H2,1-2H3,(H2,23,24,25,26,27). The number of hydrogen-bond donors (Lipinski definition) is 3. The van der Waals surface area contributed by atoms with Crippen molar-refractivity contribution in [1.82, 2.24) is 15.0 Å². The lowest BCUT2D eigenvalue weighted by atomic mass is 10.1. The van der Waals surface area contributed by atoms with Crippen molar-refractivity contribution in [3.8, 4) is 11.5 Å². The summed E-state index contributed by atoms with van der Waals surface area (Å²) < 4.78 is 11.7. The third-order valence-corrected chi connectivity index (χ3v) is 5.51. The molecule has 0 atom stereocenters. The van der Waals surface area contributed by atoms with Gasteiger partial charge in [0, 0.05) is 6.54 Å². The first-order chi connectivity index (χ1) is 14.7. The number of anilines is 4. The molecule has 154 valence electrons. The van der Waals surface area contributed by atoms with Gasteiger partial charge in [-0.15, -0.1) is 0 Å². The fourth-order valence-corrected chi connectivity index (χ4v) is 3.89. The smallest absolute Gasteiger partial charge is 0.189 e. The Hall–Kier alpha value is -3.59. The van der Waals surface area contributed by atoms with Crippen LogP contribution < -0.4 is 25.8 Å². The van der Waals surface area contributed by atoms with E-state index in [1.54, 1.807) is 25.6 Å². The van der Waals surface area contributed by atoms with Gasteiger partial charge in [-0.2, -0.15) is 0 Å². The van der Waals surface area contributed by atoms with E-state index in [2.05, 4.69) is 25.6 Å². The Morgan fingerprint density at radius 2 is 1.80 bits per heavy atom. The van der Waals surface area contributed by atoms with Gasteiger partial charge < -0.3 is 25.8 Å². The Morgan fingerprint density at radius 3 is 2.60 bits per heavy atom. The van der Waals surface area contributed by atoms with Crippen LogP contribution in [-0.2, 0) is 6.42 Å². The largest absolute Gasteiger partial charge is 0.493 e. The van der Waals surface area contributed by atoms with E-state index >= 15 is 0 Å². The molecule has 0 amide bonds. The normalized spacial score (nSPS) is 10.7. The lowest BCUT2D eigenvalue weighted by Crippen LogP contribution is -2.10. The maximum Gasteiger partial charge on any atom is 0.189 e. The van der Waals surface area contributed by atoms with Crippen molar-refractivity contribution in [3.05, 3.63) is 54.4 Å². The number of nitrogens with one attached hydrogen (secondary N) is 2. The van der Waals surface area contributed by atoms with Crippen molar-refractivity contribution in [3.63, 3.8) is 0 Å². The molecule has 0 saturated heterocycles. The van der Waals surface area contributed by atoms with Crippen LogP contribution in [0.25, 0.3) is 10.2 Å². The van der Waals surface area contributed by atoms with E-state index in [9.17, 15) is 0 Å². The molecule has 4 N–H and O–H groups in total. The van der Waals surface area contributed by atoms with Crippen molar-refractivity contribution < 1.29 is 9.47 Å². The van der Waals surface area contributed by atoms with Gasteiger partial charge in [0.15, 0.2) is 28.3 Å². The van der Waals surface area contributed by atoms with Gasteiger partial charge in [0.05, 0.1) is 24.4 Å². The van der Waals surface area contributed by atoms with Gasteiger partial charge in [-0.1, -0.05) is 29.5 Å². The average Bonchev–Trinajstić information content (AvgIpc) is 3.18. The van der Waals surface area contributed by atoms with Gasteiger partial charge in [0.2, 0.25) is 0 Å². The van der Waals surface area contributed by atoms with Crippen LogP contribution in [0.2, 0.25) is 0 Å². The number of para-hydroxylation sites is 1. The lowest BCUT2D eigenvalue weighted by molar-refractivity contribution is 0.354. The highest BCUT2D eigenvalue weighted by molar-refractivity contribution is 7.22. The summed E-state index contributed by atoms with van der Waals surface area (Å²) in [6.45, 7) is 0.650. The predicted octanol–water partition coefficient (Wildman–Crippen LogP) is 4.08. The van der Waals surface area contributed by atoms with E-state index < -0.39 is 0 Å². The van der Waals surface area contributed by atoms with Gasteiger partial charge >= 0.3 is 0 Å². The van der Waals surface area contributed by atoms with Crippen LogP contribution in [0, 0.1) is 0 Å². The molecule has 4 aromatic rings. The highest BCUT2D eigenvalue weighted by Crippen LogP contribution is 2.31. The van der Waals surface area contributed by atoms with Gasteiger partial charge in [-0.3, -0.25) is 0 Å². The summed E-state index contributed by atoms with van der Waals surface area (Å²) >= 11 is 1.55. The number of rotatable bonds is 8. The van der Waals surface area contributed by atoms with Crippen LogP contribution >= 0.6 is 11.3 Å². The number of fused-ring (bicyclic) bond motifs is 1. The number of aromatic nitrogens is 3. The molecule has 0 saturated carbocycles. The molecule has 2 heterocycles. The van der Waals surface area contributed by atoms with Crippen molar-refractivity contribution in [2.45, 2.75) is 6.42 Å². The summed E-state index contributed by atoms with van der Waals surface area (Å²) in [5.41, 5.74) is 8.77. The number of nitrogens with two attached hydrogens (primary N) is 1. The zero-order valence-corrected chi connectivity index (χ0v) is 17.5. The van der Waals surface area contributed by atoms with Crippen LogP contribution in [0.3, 0.4) is 0 Å². The Balaban J connectivity index is 1.43. The minimum Gasteiger partial charge on any atom is -0.493 e. The zero-order chi connectivity index (χ0) is 20.9. The van der Waals surface area contributed by atoms with Gasteiger partial charge in [0.25, 0.3) is 0 Å². The summed E-state index contributed by atoms with van der Waals surface area (Å²) in [4.78, 5) is 13.1. The lowest BCUT2D eigenvalue weighted by Gasteiger charge is -2.12. The maximum absolute atomic E-state index is 6.28. The summed E-state index contributed by atoms with van der Waals surface area (Å²) in [6.07, 6.45) is 2.25. The first-order valence-electron chi connectivity index (χ1n) is 9.35. The molecule has 4 rings (SSSR count). The summed E-state index contributed by atoms with van der Waals surface area (Å²) in [5.74, 6) is 2.52. The molecule has 0 aliphatic heterocycles. The molecule has 0 aliphatic rings. The highest BCUT2D eigenvalue weighted by atomic mass is 32.1. The number of thiazole rings is 1. The predicted molar refractivity (Wildman–Crippen MR) is 121 cm³/mol. The molecular formula is C21H22N6O2S. The third kappa shape index (κ3) is 4.20. The van der Waals surface area contributed by atoms with Crippen LogP contribution in [0.5, 0.6) is 11.5 Å². The number of hydrogen-bond acceptors (Lipinski definition) is 9. The van der Waals surface area contributed by atoms with E-state index in [1.165, 1.54) is 6.33 Å². The van der Waals surface area contributed by atoms with E-state index in [0.29, 0.717) is 35.4 Å². The molecule has 0 fully saturated rings. The molecule has 2 aromatic carbocycles. The molecule has 0 aliphatic carbocycles. The second-order valence-electron chi connectivity index (χ2n) is 6.46. The van der Waals surface area contributed by atoms with Crippen molar-refractivity contribution >= 4 is 44.0 Å². The Labute approximate surface area is 178 Å². The second kappa shape index (κ2) is 8.83. The Kier molecular flexibility index (Phi) is 5.80. The van der Waals surface area contributed by atoms with Crippen molar-refractivity contribution in [2.75, 3.05) is 37.1 Å². The fraction of sp³-hybridized carbons (Fsp3) is 0.190. The second-order valence-corrected chi connectivity index (χ2v) is 7.49. The molecule has 30 heavy (non-hydrogen) atoms. The number of benzene rings is 2. The fourth-order valence-electron chi connectivity index (χ4n) is 3.02. The molecule has 8 nitrogen and oxygen atoms in total. The molecule has 2 aromatic heterocycles. The van der Waals surface area contributed by atoms with Crippen molar-refractivity contribution in [1.29, 1.82) is 0 Å². The number of nitrogen functional groups attached to an aromatic ring is 1. The summed E-state index contributed by atoms with van der Waals surface area (Å²) in [5, 5.41) is 7.21. The third-order valence-electron chi connectivity index (χ3n) is 4.56. The first kappa shape index (κ1) is 19.7. The summed E-state index contributed by atoms with van der Waals surface area (Å²) in [7, 11) is 3.25. The van der Waals surface area contributed by atoms with Crippen LogP contribution in [0.1, 0.15) is 5.56 Å². The van der Waals surface area contributed by atoms with Crippen LogP contribution in [0.15, 0.2) is 48.8 Å². The Morgan fingerprint density at radius 1 is 1.00 bits per heavy atom. The van der Waals surface area contributed by atoms with Gasteiger partial charge in [-0.25, -0.2) is 15.0 Å². The molecule has 0 unspecified atom stereocenters. The molecule has 0 radical (unpaired) electrons. The zero-order valence-electron chi connectivity index (χ0n) is 16.7. The van der Waals surface area contributed by atoms with Gasteiger partial charge in [-0.05, 0) is 36.2 Å². The quantitative estimate of drug-likeness (QED) is 0.390. The minimum atomic E-state index is 0.448. The topological polar surface area (TPSA) is 107 Å². The van der Waals surface area contributed by atoms with E-state index in [1.807, 2.05) is 42.5 Å². The van der Waals surface area contributed by atoms with Crippen LogP contribution in [0.4, 0.5) is 22.5 Å². The minimum absolute atomic E-state index is 0.448. The number of methoxy groups -OCH3 is 2. The molecule has 0 spiro atoms. The van der Waals surface area contributed by atoms with E-state index in [-0.39, 0.29) is 0 Å². The maximum atomic E-state index is 6.28. The molecular weight excluding hydrogens is 400 g/mol.